The van der Waals surface area contributed by atoms with Gasteiger partial charge in [0.25, 0.3) is 0 Å². The molecule has 1 amide bonds. The molecule has 1 aliphatic rings. The van der Waals surface area contributed by atoms with E-state index in [1.165, 1.54) is 30.4 Å². The first kappa shape index (κ1) is 12.9. The van der Waals surface area contributed by atoms with Crippen molar-refractivity contribution < 1.29 is 4.79 Å². The Morgan fingerprint density at radius 1 is 1.22 bits per heavy atom. The van der Waals surface area contributed by atoms with Crippen molar-refractivity contribution in [1.29, 1.82) is 0 Å². The lowest BCUT2D eigenvalue weighted by atomic mass is 9.99. The van der Waals surface area contributed by atoms with Crippen LogP contribution in [-0.2, 0) is 11.2 Å². The lowest BCUT2D eigenvalue weighted by Crippen LogP contribution is -2.27. The second kappa shape index (κ2) is 6.39. The first-order valence-corrected chi connectivity index (χ1v) is 6.74. The smallest absolute Gasteiger partial charge is 0.224 e. The number of hydrogen-bond donors (Lipinski definition) is 1. The number of aryl methyl sites for hydroxylation is 1. The van der Waals surface area contributed by atoms with E-state index < -0.39 is 0 Å². The minimum atomic E-state index is 0.116. The summed E-state index contributed by atoms with van der Waals surface area (Å²) < 4.78 is 0. The van der Waals surface area contributed by atoms with Gasteiger partial charge in [0.1, 0.15) is 0 Å². The largest absolute Gasteiger partial charge is 0.352 e. The van der Waals surface area contributed by atoms with Gasteiger partial charge in [-0.3, -0.25) is 4.79 Å². The fraction of sp³-hybridized carbons (Fsp3) is 0.438. The third-order valence-electron chi connectivity index (χ3n) is 3.38. The van der Waals surface area contributed by atoms with E-state index in [4.69, 9.17) is 0 Å². The van der Waals surface area contributed by atoms with E-state index >= 15 is 0 Å². The molecule has 0 saturated heterocycles. The lowest BCUT2D eigenvalue weighted by Gasteiger charge is -2.13. The summed E-state index contributed by atoms with van der Waals surface area (Å²) in [5.74, 6) is 0.116. The van der Waals surface area contributed by atoms with Crippen LogP contribution in [0.15, 0.2) is 35.9 Å². The van der Waals surface area contributed by atoms with Gasteiger partial charge in [0, 0.05) is 6.54 Å². The zero-order chi connectivity index (χ0) is 12.8. The minimum Gasteiger partial charge on any atom is -0.352 e. The van der Waals surface area contributed by atoms with Gasteiger partial charge >= 0.3 is 0 Å². The zero-order valence-electron chi connectivity index (χ0n) is 11.0. The Labute approximate surface area is 109 Å². The Balaban J connectivity index is 1.78. The molecule has 0 aromatic heterocycles. The highest BCUT2D eigenvalue weighted by molar-refractivity contribution is 5.78. The van der Waals surface area contributed by atoms with Crippen LogP contribution in [0.3, 0.4) is 0 Å². The Morgan fingerprint density at radius 2 is 2.00 bits per heavy atom. The number of rotatable bonds is 4. The lowest BCUT2D eigenvalue weighted by molar-refractivity contribution is -0.120. The molecule has 1 aromatic carbocycles. The molecule has 2 rings (SSSR count). The maximum absolute atomic E-state index is 11.8. The van der Waals surface area contributed by atoms with Gasteiger partial charge in [-0.15, -0.1) is 0 Å². The van der Waals surface area contributed by atoms with Crippen LogP contribution in [-0.4, -0.2) is 12.5 Å². The molecule has 2 nitrogen and oxygen atoms in total. The van der Waals surface area contributed by atoms with Gasteiger partial charge in [0.05, 0.1) is 6.42 Å². The monoisotopic (exact) mass is 243 g/mol. The summed E-state index contributed by atoms with van der Waals surface area (Å²) in [4.78, 5) is 11.8. The molecule has 0 unspecified atom stereocenters. The summed E-state index contributed by atoms with van der Waals surface area (Å²) in [6.45, 7) is 2.78. The maximum atomic E-state index is 11.8. The van der Waals surface area contributed by atoms with Crippen LogP contribution >= 0.6 is 0 Å². The third-order valence-corrected chi connectivity index (χ3v) is 3.38. The van der Waals surface area contributed by atoms with Crippen molar-refractivity contribution in [2.45, 2.75) is 39.0 Å². The van der Waals surface area contributed by atoms with Crippen molar-refractivity contribution >= 4 is 5.91 Å². The number of benzene rings is 1. The molecule has 1 aromatic rings. The Kier molecular flexibility index (Phi) is 4.57. The van der Waals surface area contributed by atoms with Crippen LogP contribution < -0.4 is 5.32 Å². The molecular formula is C16H21NO. The molecule has 2 heteroatoms. The Bertz CT molecular complexity index is 431. The standard InChI is InChI=1S/C16H21NO/c1-13-7-9-14(10-8-13)11-16(18)17-12-15-5-3-2-4-6-15/h5,7-10H,2-4,6,11-12H2,1H3,(H,17,18). The van der Waals surface area contributed by atoms with E-state index in [1.54, 1.807) is 0 Å². The maximum Gasteiger partial charge on any atom is 0.224 e. The highest BCUT2D eigenvalue weighted by atomic mass is 16.1. The van der Waals surface area contributed by atoms with E-state index in [9.17, 15) is 4.79 Å². The predicted octanol–water partition coefficient (Wildman–Crippen LogP) is 3.15. The minimum absolute atomic E-state index is 0.116. The van der Waals surface area contributed by atoms with Crippen molar-refractivity contribution in [3.05, 3.63) is 47.0 Å². The molecule has 0 spiro atoms. The summed E-state index contributed by atoms with van der Waals surface area (Å²) in [6, 6.07) is 8.14. The fourth-order valence-electron chi connectivity index (χ4n) is 2.23. The van der Waals surface area contributed by atoms with Crippen molar-refractivity contribution in [2.24, 2.45) is 0 Å². The molecule has 0 bridgehead atoms. The molecule has 0 atom stereocenters. The summed E-state index contributed by atoms with van der Waals surface area (Å²) in [6.07, 6.45) is 7.62. The van der Waals surface area contributed by atoms with E-state index in [-0.39, 0.29) is 5.91 Å². The molecule has 0 aliphatic heterocycles. The van der Waals surface area contributed by atoms with Gasteiger partial charge in [0.15, 0.2) is 0 Å². The van der Waals surface area contributed by atoms with Crippen LogP contribution in [0.5, 0.6) is 0 Å². The molecule has 96 valence electrons. The molecule has 0 heterocycles. The fourth-order valence-corrected chi connectivity index (χ4v) is 2.23. The van der Waals surface area contributed by atoms with Crippen molar-refractivity contribution in [2.75, 3.05) is 6.54 Å². The van der Waals surface area contributed by atoms with Crippen LogP contribution in [0.2, 0.25) is 0 Å². The highest BCUT2D eigenvalue weighted by Gasteiger charge is 2.06. The number of hydrogen-bond acceptors (Lipinski definition) is 1. The summed E-state index contributed by atoms with van der Waals surface area (Å²) in [7, 11) is 0. The quantitative estimate of drug-likeness (QED) is 0.809. The molecule has 1 aliphatic carbocycles. The van der Waals surface area contributed by atoms with Crippen molar-refractivity contribution in [1.82, 2.24) is 5.32 Å². The van der Waals surface area contributed by atoms with Gasteiger partial charge in [-0.25, -0.2) is 0 Å². The third kappa shape index (κ3) is 4.02. The first-order valence-electron chi connectivity index (χ1n) is 6.74. The highest BCUT2D eigenvalue weighted by Crippen LogP contribution is 2.16. The number of nitrogens with one attached hydrogen (secondary N) is 1. The zero-order valence-corrected chi connectivity index (χ0v) is 11.0. The van der Waals surface area contributed by atoms with E-state index in [0.717, 1.165) is 18.5 Å². The van der Waals surface area contributed by atoms with Gasteiger partial charge in [0.2, 0.25) is 5.91 Å². The number of carbonyl (C=O) groups is 1. The van der Waals surface area contributed by atoms with E-state index in [1.807, 2.05) is 24.3 Å². The number of allylic oxidation sites excluding steroid dienone is 1. The molecule has 18 heavy (non-hydrogen) atoms. The van der Waals surface area contributed by atoms with Crippen LogP contribution in [0.4, 0.5) is 0 Å². The second-order valence-electron chi connectivity index (χ2n) is 5.05. The summed E-state index contributed by atoms with van der Waals surface area (Å²) >= 11 is 0. The van der Waals surface area contributed by atoms with Crippen LogP contribution in [0, 0.1) is 6.92 Å². The number of amides is 1. The van der Waals surface area contributed by atoms with E-state index in [0.29, 0.717) is 6.42 Å². The van der Waals surface area contributed by atoms with Crippen LogP contribution in [0.25, 0.3) is 0 Å². The molecule has 0 fully saturated rings. The molecule has 0 saturated carbocycles. The van der Waals surface area contributed by atoms with Gasteiger partial charge in [-0.2, -0.15) is 0 Å². The van der Waals surface area contributed by atoms with Crippen molar-refractivity contribution in [3.63, 3.8) is 0 Å². The Hall–Kier alpha value is -1.57. The van der Waals surface area contributed by atoms with Crippen molar-refractivity contribution in [3.8, 4) is 0 Å². The normalized spacial score (nSPS) is 15.1. The van der Waals surface area contributed by atoms with E-state index in [2.05, 4.69) is 18.3 Å². The topological polar surface area (TPSA) is 29.1 Å². The first-order chi connectivity index (χ1) is 8.74. The van der Waals surface area contributed by atoms with Gasteiger partial charge < -0.3 is 5.32 Å². The molecular weight excluding hydrogens is 222 g/mol. The Morgan fingerprint density at radius 3 is 2.67 bits per heavy atom. The summed E-state index contributed by atoms with van der Waals surface area (Å²) in [5, 5.41) is 3.01. The van der Waals surface area contributed by atoms with Gasteiger partial charge in [-0.1, -0.05) is 41.5 Å². The van der Waals surface area contributed by atoms with Crippen LogP contribution in [0.1, 0.15) is 36.8 Å². The number of carbonyl (C=O) groups excluding carboxylic acids is 1. The average Bonchev–Trinajstić information content (AvgIpc) is 2.40. The summed E-state index contributed by atoms with van der Waals surface area (Å²) in [5.41, 5.74) is 3.70. The SMILES string of the molecule is Cc1ccc(CC(=O)NCC2=CCCCC2)cc1. The average molecular weight is 243 g/mol. The second-order valence-corrected chi connectivity index (χ2v) is 5.05. The predicted molar refractivity (Wildman–Crippen MR) is 74.4 cm³/mol. The van der Waals surface area contributed by atoms with Gasteiger partial charge in [-0.05, 0) is 38.2 Å². The molecule has 1 N–H and O–H groups in total. The molecule has 0 radical (unpaired) electrons.